The van der Waals surface area contributed by atoms with Gasteiger partial charge < -0.3 is 10.5 Å². The van der Waals surface area contributed by atoms with Crippen LogP contribution in [0.3, 0.4) is 0 Å². The molecule has 0 aliphatic rings. The molecule has 0 bridgehead atoms. The smallest absolute Gasteiger partial charge is 0.214 e. The van der Waals surface area contributed by atoms with Crippen molar-refractivity contribution in [2.75, 3.05) is 12.8 Å². The van der Waals surface area contributed by atoms with Crippen LogP contribution in [-0.2, 0) is 0 Å². The van der Waals surface area contributed by atoms with E-state index in [1.165, 1.54) is 18.4 Å². The number of fused-ring (bicyclic) bond motifs is 1. The van der Waals surface area contributed by atoms with Crippen LogP contribution in [0.2, 0.25) is 5.02 Å². The van der Waals surface area contributed by atoms with Crippen LogP contribution in [0.5, 0.6) is 5.06 Å². The quantitative estimate of drug-likeness (QED) is 0.835. The summed E-state index contributed by atoms with van der Waals surface area (Å²) in [5.41, 5.74) is 5.54. The Balaban J connectivity index is 2.91. The Labute approximate surface area is 95.0 Å². The highest BCUT2D eigenvalue weighted by Gasteiger charge is 2.09. The van der Waals surface area contributed by atoms with Gasteiger partial charge in [-0.2, -0.15) is 0 Å². The van der Waals surface area contributed by atoms with Gasteiger partial charge in [-0.15, -0.1) is 0 Å². The van der Waals surface area contributed by atoms with E-state index in [0.29, 0.717) is 15.5 Å². The van der Waals surface area contributed by atoms with Crippen LogP contribution in [0, 0.1) is 0 Å². The minimum absolute atomic E-state index is 0.136. The van der Waals surface area contributed by atoms with Crippen LogP contribution < -0.4 is 15.9 Å². The lowest BCUT2D eigenvalue weighted by Gasteiger charge is -2.04. The first-order valence-corrected chi connectivity index (χ1v) is 5.38. The fraction of sp³-hybridized carbons (Fsp3) is 0.100. The third kappa shape index (κ3) is 1.66. The van der Waals surface area contributed by atoms with E-state index in [1.54, 1.807) is 18.2 Å². The predicted molar refractivity (Wildman–Crippen MR) is 64.1 cm³/mol. The standard InChI is InChI=1S/C10H8ClNO2S/c1-14-10-8(12)9(13)6-4-5(11)2-3-7(6)15-10/h2-4H,12H2,1H3. The third-order valence-electron chi connectivity index (χ3n) is 2.04. The number of nitrogen functional groups attached to an aromatic ring is 1. The van der Waals surface area contributed by atoms with Gasteiger partial charge in [0.15, 0.2) is 0 Å². The monoisotopic (exact) mass is 241 g/mol. The Morgan fingerprint density at radius 1 is 1.47 bits per heavy atom. The molecule has 0 saturated heterocycles. The van der Waals surface area contributed by atoms with Crippen molar-refractivity contribution in [1.29, 1.82) is 0 Å². The normalized spacial score (nSPS) is 10.5. The molecular formula is C10H8ClNO2S. The molecule has 5 heteroatoms. The first kappa shape index (κ1) is 10.3. The Hall–Kier alpha value is -1.26. The van der Waals surface area contributed by atoms with Gasteiger partial charge in [-0.25, -0.2) is 0 Å². The molecule has 0 atom stereocenters. The highest BCUT2D eigenvalue weighted by Crippen LogP contribution is 2.31. The van der Waals surface area contributed by atoms with E-state index < -0.39 is 0 Å². The molecule has 0 aliphatic heterocycles. The van der Waals surface area contributed by atoms with Gasteiger partial charge in [-0.1, -0.05) is 22.9 Å². The molecule has 0 fully saturated rings. The minimum atomic E-state index is -0.233. The molecule has 2 N–H and O–H groups in total. The molecule has 1 aromatic heterocycles. The van der Waals surface area contributed by atoms with Crippen LogP contribution in [0.15, 0.2) is 23.0 Å². The predicted octanol–water partition coefficient (Wildman–Crippen LogP) is 2.51. The molecular weight excluding hydrogens is 234 g/mol. The molecule has 3 nitrogen and oxygen atoms in total. The molecule has 78 valence electrons. The molecule has 0 radical (unpaired) electrons. The summed E-state index contributed by atoms with van der Waals surface area (Å²) in [5.74, 6) is 0. The van der Waals surface area contributed by atoms with Crippen LogP contribution in [0.1, 0.15) is 0 Å². The summed E-state index contributed by atoms with van der Waals surface area (Å²) in [5, 5.41) is 1.50. The Kier molecular flexibility index (Phi) is 2.54. The number of hydrogen-bond donors (Lipinski definition) is 1. The molecule has 2 rings (SSSR count). The Morgan fingerprint density at radius 2 is 2.20 bits per heavy atom. The maximum Gasteiger partial charge on any atom is 0.214 e. The molecule has 0 unspecified atom stereocenters. The molecule has 0 aliphatic carbocycles. The van der Waals surface area contributed by atoms with Crippen molar-refractivity contribution in [2.24, 2.45) is 0 Å². The van der Waals surface area contributed by atoms with Crippen molar-refractivity contribution in [3.8, 4) is 5.06 Å². The summed E-state index contributed by atoms with van der Waals surface area (Å²) in [4.78, 5) is 11.8. The summed E-state index contributed by atoms with van der Waals surface area (Å²) < 4.78 is 5.84. The van der Waals surface area contributed by atoms with E-state index in [0.717, 1.165) is 4.70 Å². The van der Waals surface area contributed by atoms with Gasteiger partial charge in [0, 0.05) is 15.1 Å². The first-order valence-electron chi connectivity index (χ1n) is 4.19. The minimum Gasteiger partial charge on any atom is -0.486 e. The molecule has 15 heavy (non-hydrogen) atoms. The van der Waals surface area contributed by atoms with Gasteiger partial charge >= 0.3 is 0 Å². The topological polar surface area (TPSA) is 52.3 Å². The zero-order valence-electron chi connectivity index (χ0n) is 7.91. The molecule has 1 aromatic carbocycles. The third-order valence-corrected chi connectivity index (χ3v) is 3.42. The highest BCUT2D eigenvalue weighted by molar-refractivity contribution is 7.20. The maximum atomic E-state index is 11.8. The van der Waals surface area contributed by atoms with Gasteiger partial charge in [-0.3, -0.25) is 4.79 Å². The largest absolute Gasteiger partial charge is 0.486 e. The zero-order valence-corrected chi connectivity index (χ0v) is 9.48. The number of halogens is 1. The van der Waals surface area contributed by atoms with Crippen LogP contribution in [0.25, 0.3) is 10.1 Å². The second-order valence-electron chi connectivity index (χ2n) is 2.98. The van der Waals surface area contributed by atoms with E-state index in [2.05, 4.69) is 0 Å². The number of ether oxygens (including phenoxy) is 1. The molecule has 2 aromatic rings. The van der Waals surface area contributed by atoms with E-state index in [-0.39, 0.29) is 11.1 Å². The van der Waals surface area contributed by atoms with Crippen molar-refractivity contribution in [3.63, 3.8) is 0 Å². The second-order valence-corrected chi connectivity index (χ2v) is 4.43. The number of benzene rings is 1. The second kappa shape index (κ2) is 3.72. The first-order chi connectivity index (χ1) is 7.13. The van der Waals surface area contributed by atoms with Gasteiger partial charge in [-0.05, 0) is 18.2 Å². The lowest BCUT2D eigenvalue weighted by atomic mass is 10.2. The van der Waals surface area contributed by atoms with E-state index in [9.17, 15) is 4.79 Å². The SMILES string of the molecule is COc1sc2ccc(Cl)cc2c(=O)c1N. The van der Waals surface area contributed by atoms with E-state index in [4.69, 9.17) is 22.1 Å². The van der Waals surface area contributed by atoms with Gasteiger partial charge in [0.2, 0.25) is 10.5 Å². The summed E-state index contributed by atoms with van der Waals surface area (Å²) in [6.45, 7) is 0. The lowest BCUT2D eigenvalue weighted by Crippen LogP contribution is -2.08. The molecule has 0 spiro atoms. The fourth-order valence-electron chi connectivity index (χ4n) is 1.31. The van der Waals surface area contributed by atoms with E-state index >= 15 is 0 Å². The van der Waals surface area contributed by atoms with Crippen molar-refractivity contribution < 1.29 is 4.74 Å². The van der Waals surface area contributed by atoms with Crippen molar-refractivity contribution >= 4 is 38.7 Å². The maximum absolute atomic E-state index is 11.8. The summed E-state index contributed by atoms with van der Waals surface area (Å²) in [6.07, 6.45) is 0. The van der Waals surface area contributed by atoms with Crippen LogP contribution >= 0.6 is 22.9 Å². The summed E-state index contributed by atoms with van der Waals surface area (Å²) in [6, 6.07) is 5.13. The van der Waals surface area contributed by atoms with Crippen LogP contribution in [-0.4, -0.2) is 7.11 Å². The number of hydrogen-bond acceptors (Lipinski definition) is 4. The number of anilines is 1. The highest BCUT2D eigenvalue weighted by atomic mass is 35.5. The molecule has 0 saturated carbocycles. The average molecular weight is 242 g/mol. The zero-order chi connectivity index (χ0) is 11.0. The van der Waals surface area contributed by atoms with Crippen molar-refractivity contribution in [3.05, 3.63) is 33.4 Å². The molecule has 1 heterocycles. The average Bonchev–Trinajstić information content (AvgIpc) is 2.24. The van der Waals surface area contributed by atoms with Gasteiger partial charge in [0.1, 0.15) is 5.69 Å². The Morgan fingerprint density at radius 3 is 2.87 bits per heavy atom. The number of nitrogens with two attached hydrogens (primary N) is 1. The van der Waals surface area contributed by atoms with E-state index in [1.807, 2.05) is 0 Å². The Bertz CT molecular complexity index is 579. The molecule has 0 amide bonds. The number of methoxy groups -OCH3 is 1. The lowest BCUT2D eigenvalue weighted by molar-refractivity contribution is 0.428. The van der Waals surface area contributed by atoms with Gasteiger partial charge in [0.05, 0.1) is 7.11 Å². The van der Waals surface area contributed by atoms with Crippen LogP contribution in [0.4, 0.5) is 5.69 Å². The van der Waals surface area contributed by atoms with Gasteiger partial charge in [0.25, 0.3) is 0 Å². The van der Waals surface area contributed by atoms with Crippen molar-refractivity contribution in [2.45, 2.75) is 0 Å². The summed E-state index contributed by atoms with van der Waals surface area (Å²) >= 11 is 7.14. The summed E-state index contributed by atoms with van der Waals surface area (Å²) in [7, 11) is 1.49. The van der Waals surface area contributed by atoms with Crippen molar-refractivity contribution in [1.82, 2.24) is 0 Å². The fourth-order valence-corrected chi connectivity index (χ4v) is 2.37. The number of rotatable bonds is 1.